The summed E-state index contributed by atoms with van der Waals surface area (Å²) in [5.41, 5.74) is 2.97. The molecule has 10 heteroatoms. The maximum absolute atomic E-state index is 14.9. The van der Waals surface area contributed by atoms with Gasteiger partial charge in [0.05, 0.1) is 49.0 Å². The zero-order chi connectivity index (χ0) is 28.0. The Morgan fingerprint density at radius 1 is 1.07 bits per heavy atom. The van der Waals surface area contributed by atoms with Crippen LogP contribution in [-0.4, -0.2) is 58.8 Å². The summed E-state index contributed by atoms with van der Waals surface area (Å²) in [6, 6.07) is 12.7. The Morgan fingerprint density at radius 2 is 1.95 bits per heavy atom. The lowest BCUT2D eigenvalue weighted by atomic mass is 9.89. The lowest BCUT2D eigenvalue weighted by Gasteiger charge is -2.33. The minimum absolute atomic E-state index is 0.0219. The Hall–Kier alpha value is -4.02. The van der Waals surface area contributed by atoms with Crippen LogP contribution in [0.1, 0.15) is 40.5 Å². The molecule has 9 nitrogen and oxygen atoms in total. The van der Waals surface area contributed by atoms with Gasteiger partial charge in [0.1, 0.15) is 0 Å². The smallest absolute Gasteiger partial charge is 0.251 e. The van der Waals surface area contributed by atoms with E-state index in [2.05, 4.69) is 20.2 Å². The second kappa shape index (κ2) is 10.4. The van der Waals surface area contributed by atoms with E-state index < -0.39 is 5.67 Å². The minimum atomic E-state index is -1.63. The van der Waals surface area contributed by atoms with Crippen LogP contribution in [0.4, 0.5) is 10.3 Å². The maximum Gasteiger partial charge on any atom is 0.251 e. The van der Waals surface area contributed by atoms with Crippen molar-refractivity contribution in [1.82, 2.24) is 25.3 Å². The summed E-state index contributed by atoms with van der Waals surface area (Å²) in [6.07, 6.45) is 4.63. The van der Waals surface area contributed by atoms with Crippen molar-refractivity contribution in [2.45, 2.75) is 32.2 Å². The highest BCUT2D eigenvalue weighted by Gasteiger charge is 2.35. The van der Waals surface area contributed by atoms with Crippen molar-refractivity contribution in [3.63, 3.8) is 0 Å². The van der Waals surface area contributed by atoms with E-state index >= 15 is 0 Å². The van der Waals surface area contributed by atoms with E-state index in [9.17, 15) is 9.18 Å². The van der Waals surface area contributed by atoms with E-state index in [1.807, 2.05) is 24.3 Å². The number of nitrogens with one attached hydrogen (secondary N) is 1. The predicted molar refractivity (Wildman–Crippen MR) is 151 cm³/mol. The van der Waals surface area contributed by atoms with Gasteiger partial charge in [-0.3, -0.25) is 9.78 Å². The SMILES string of the molecule is C[C@@]1(F)COCc2ccc(C(=O)NCc3cc4nc(-c5ccnc(N6CC[C@@H]7COC[C@H]7C6)n5)ccc4cn3)cc21. The number of piperidine rings is 1. The fourth-order valence-corrected chi connectivity index (χ4v) is 6.01. The molecule has 3 atom stereocenters. The standard InChI is InChI=1S/C31H31FN6O3/c1-31(32)18-41-16-22-3-2-19(10-25(22)31)29(39)35-13-24-11-28-20(12-34-24)4-5-26(36-28)27-6-8-33-30(37-27)38-9-7-21-15-40-17-23(21)14-38/h2-6,8,10-12,21,23H,7,9,13-18H2,1H3,(H,35,39)/t21-,23-,31-/m1/s1. The van der Waals surface area contributed by atoms with Gasteiger partial charge in [-0.1, -0.05) is 6.07 Å². The highest BCUT2D eigenvalue weighted by atomic mass is 19.1. The van der Waals surface area contributed by atoms with Gasteiger partial charge in [-0.05, 0) is 66.8 Å². The van der Waals surface area contributed by atoms with E-state index in [1.54, 1.807) is 30.6 Å². The molecule has 210 valence electrons. The number of hydrogen-bond donors (Lipinski definition) is 1. The van der Waals surface area contributed by atoms with Gasteiger partial charge in [0.15, 0.2) is 5.67 Å². The summed E-state index contributed by atoms with van der Waals surface area (Å²) in [7, 11) is 0. The fraction of sp³-hybridized carbons (Fsp3) is 0.387. The van der Waals surface area contributed by atoms with E-state index in [4.69, 9.17) is 19.4 Å². The number of pyridine rings is 2. The number of halogens is 1. The summed E-state index contributed by atoms with van der Waals surface area (Å²) in [5.74, 6) is 1.60. The van der Waals surface area contributed by atoms with Crippen molar-refractivity contribution < 1.29 is 18.7 Å². The molecule has 0 bridgehead atoms. The van der Waals surface area contributed by atoms with Gasteiger partial charge in [0.2, 0.25) is 5.95 Å². The van der Waals surface area contributed by atoms with Crippen molar-refractivity contribution >= 4 is 22.8 Å². The Bertz CT molecular complexity index is 1630. The van der Waals surface area contributed by atoms with Crippen molar-refractivity contribution in [3.8, 4) is 11.4 Å². The highest BCUT2D eigenvalue weighted by molar-refractivity contribution is 5.94. The maximum atomic E-state index is 14.9. The third-order valence-electron chi connectivity index (χ3n) is 8.37. The van der Waals surface area contributed by atoms with Crippen molar-refractivity contribution in [2.75, 3.05) is 37.8 Å². The number of benzene rings is 1. The quantitative estimate of drug-likeness (QED) is 0.392. The van der Waals surface area contributed by atoms with Crippen LogP contribution in [0, 0.1) is 11.8 Å². The number of nitrogens with zero attached hydrogens (tertiary/aromatic N) is 5. The van der Waals surface area contributed by atoms with Crippen molar-refractivity contribution in [1.29, 1.82) is 0 Å². The zero-order valence-electron chi connectivity index (χ0n) is 22.8. The Kier molecular flexibility index (Phi) is 6.59. The topological polar surface area (TPSA) is 102 Å². The van der Waals surface area contributed by atoms with E-state index in [0.717, 1.165) is 66.5 Å². The van der Waals surface area contributed by atoms with Crippen LogP contribution in [-0.2, 0) is 28.3 Å². The van der Waals surface area contributed by atoms with Crippen molar-refractivity contribution in [2.24, 2.45) is 11.8 Å². The molecule has 0 radical (unpaired) electrons. The molecule has 3 aliphatic rings. The number of aromatic nitrogens is 4. The molecule has 0 aliphatic carbocycles. The third kappa shape index (κ3) is 5.13. The van der Waals surface area contributed by atoms with Gasteiger partial charge in [-0.2, -0.15) is 0 Å². The first-order valence-corrected chi connectivity index (χ1v) is 14.0. The fourth-order valence-electron chi connectivity index (χ4n) is 6.01. The summed E-state index contributed by atoms with van der Waals surface area (Å²) < 4.78 is 25.9. The van der Waals surface area contributed by atoms with Gasteiger partial charge >= 0.3 is 0 Å². The minimum Gasteiger partial charge on any atom is -0.381 e. The average Bonchev–Trinajstić information content (AvgIpc) is 3.47. The van der Waals surface area contributed by atoms with Gasteiger partial charge in [-0.25, -0.2) is 19.3 Å². The number of alkyl halides is 1. The Labute approximate surface area is 237 Å². The summed E-state index contributed by atoms with van der Waals surface area (Å²) in [4.78, 5) is 33.9. The molecule has 1 aromatic carbocycles. The van der Waals surface area contributed by atoms with Crippen LogP contribution in [0.15, 0.2) is 54.9 Å². The van der Waals surface area contributed by atoms with Crippen LogP contribution in [0.5, 0.6) is 0 Å². The molecule has 6 heterocycles. The molecular weight excluding hydrogens is 523 g/mol. The molecule has 4 aromatic rings. The number of carbonyl (C=O) groups is 1. The first-order valence-electron chi connectivity index (χ1n) is 14.0. The second-order valence-corrected chi connectivity index (χ2v) is 11.3. The first-order chi connectivity index (χ1) is 19.9. The number of amides is 1. The van der Waals surface area contributed by atoms with Gasteiger partial charge in [-0.15, -0.1) is 0 Å². The molecule has 3 aromatic heterocycles. The first kappa shape index (κ1) is 25.9. The van der Waals surface area contributed by atoms with Crippen LogP contribution < -0.4 is 10.2 Å². The molecule has 3 aliphatic heterocycles. The number of fused-ring (bicyclic) bond motifs is 3. The Balaban J connectivity index is 1.07. The van der Waals surface area contributed by atoms with E-state index in [0.29, 0.717) is 35.3 Å². The molecule has 1 N–H and O–H groups in total. The number of carbonyl (C=O) groups excluding carboxylic acids is 1. The van der Waals surface area contributed by atoms with Crippen LogP contribution in [0.2, 0.25) is 0 Å². The zero-order valence-corrected chi connectivity index (χ0v) is 22.8. The molecule has 0 spiro atoms. The van der Waals surface area contributed by atoms with Crippen LogP contribution in [0.3, 0.4) is 0 Å². The monoisotopic (exact) mass is 554 g/mol. The van der Waals surface area contributed by atoms with Gasteiger partial charge in [0, 0.05) is 49.0 Å². The molecule has 41 heavy (non-hydrogen) atoms. The summed E-state index contributed by atoms with van der Waals surface area (Å²) >= 11 is 0. The molecular formula is C31H31FN6O3. The highest BCUT2D eigenvalue weighted by Crippen LogP contribution is 2.34. The van der Waals surface area contributed by atoms with Crippen LogP contribution >= 0.6 is 0 Å². The van der Waals surface area contributed by atoms with Gasteiger partial charge in [0.25, 0.3) is 5.91 Å². The largest absolute Gasteiger partial charge is 0.381 e. The third-order valence-corrected chi connectivity index (χ3v) is 8.37. The predicted octanol–water partition coefficient (Wildman–Crippen LogP) is 4.20. The molecule has 7 rings (SSSR count). The number of rotatable bonds is 5. The normalized spacial score (nSPS) is 23.7. The number of anilines is 1. The van der Waals surface area contributed by atoms with Gasteiger partial charge < -0.3 is 19.7 Å². The number of ether oxygens (including phenoxy) is 2. The van der Waals surface area contributed by atoms with Crippen molar-refractivity contribution in [3.05, 3.63) is 77.2 Å². The summed E-state index contributed by atoms with van der Waals surface area (Å²) in [6.45, 7) is 5.52. The molecule has 0 saturated carbocycles. The molecule has 2 saturated heterocycles. The van der Waals surface area contributed by atoms with Crippen LogP contribution in [0.25, 0.3) is 22.3 Å². The Morgan fingerprint density at radius 3 is 2.88 bits per heavy atom. The second-order valence-electron chi connectivity index (χ2n) is 11.3. The lowest BCUT2D eigenvalue weighted by molar-refractivity contribution is -0.00467. The lowest BCUT2D eigenvalue weighted by Crippen LogP contribution is -2.40. The molecule has 0 unspecified atom stereocenters. The number of hydrogen-bond acceptors (Lipinski definition) is 8. The molecule has 2 fully saturated rings. The molecule has 1 amide bonds. The summed E-state index contributed by atoms with van der Waals surface area (Å²) in [5, 5.41) is 3.79. The average molecular weight is 555 g/mol. The van der Waals surface area contributed by atoms with E-state index in [1.165, 1.54) is 6.92 Å². The van der Waals surface area contributed by atoms with E-state index in [-0.39, 0.29) is 19.1 Å².